The number of carboxylic acid groups (broad SMARTS) is 1. The number of carboxylic acids is 1. The molecule has 0 unspecified atom stereocenters. The summed E-state index contributed by atoms with van der Waals surface area (Å²) in [5.74, 6) is -0.775. The van der Waals surface area contributed by atoms with Crippen molar-refractivity contribution in [2.45, 2.75) is 19.3 Å². The van der Waals surface area contributed by atoms with E-state index in [0.29, 0.717) is 18.4 Å². The zero-order chi connectivity index (χ0) is 12.3. The number of H-pyrrole nitrogens is 1. The molecule has 4 nitrogen and oxygen atoms in total. The minimum absolute atomic E-state index is 0.171. The highest BCUT2D eigenvalue weighted by Gasteiger charge is 2.05. The number of rotatable bonds is 4. The van der Waals surface area contributed by atoms with E-state index in [0.717, 1.165) is 16.5 Å². The lowest BCUT2D eigenvalue weighted by Gasteiger charge is -1.98. The van der Waals surface area contributed by atoms with Gasteiger partial charge in [-0.3, -0.25) is 4.79 Å². The number of aryl methyl sites for hydroxylation is 1. The first-order chi connectivity index (χ1) is 8.20. The number of aliphatic carboxylic acids is 1. The molecular weight excluding hydrogens is 216 g/mol. The van der Waals surface area contributed by atoms with Gasteiger partial charge in [-0.1, -0.05) is 0 Å². The van der Waals surface area contributed by atoms with Crippen molar-refractivity contribution in [3.05, 3.63) is 35.5 Å². The van der Waals surface area contributed by atoms with Crippen LogP contribution in [-0.2, 0) is 11.2 Å². The van der Waals surface area contributed by atoms with Crippen LogP contribution in [0.4, 0.5) is 0 Å². The number of hydrogen-bond acceptors (Lipinski definition) is 2. The second-order valence-corrected chi connectivity index (χ2v) is 3.93. The topological polar surface area (TPSA) is 76.9 Å². The Kier molecular flexibility index (Phi) is 3.10. The summed E-state index contributed by atoms with van der Waals surface area (Å²) >= 11 is 0. The molecule has 2 rings (SSSR count). The SMILES string of the molecule is N#Cc1ccc2[nH]cc(CCCC(=O)O)c2c1. The molecule has 0 spiro atoms. The largest absolute Gasteiger partial charge is 0.481 e. The third-order valence-electron chi connectivity index (χ3n) is 2.73. The van der Waals surface area contributed by atoms with Gasteiger partial charge in [0.2, 0.25) is 0 Å². The predicted octanol–water partition coefficient (Wildman–Crippen LogP) is 2.45. The van der Waals surface area contributed by atoms with Crippen LogP contribution in [0.3, 0.4) is 0 Å². The normalized spacial score (nSPS) is 10.3. The van der Waals surface area contributed by atoms with Gasteiger partial charge < -0.3 is 10.1 Å². The lowest BCUT2D eigenvalue weighted by Crippen LogP contribution is -1.95. The van der Waals surface area contributed by atoms with Gasteiger partial charge >= 0.3 is 5.97 Å². The summed E-state index contributed by atoms with van der Waals surface area (Å²) in [4.78, 5) is 13.6. The number of fused-ring (bicyclic) bond motifs is 1. The minimum atomic E-state index is -0.775. The first-order valence-corrected chi connectivity index (χ1v) is 5.42. The molecule has 0 amide bonds. The number of nitrogens with one attached hydrogen (secondary N) is 1. The van der Waals surface area contributed by atoms with E-state index in [2.05, 4.69) is 11.1 Å². The molecule has 0 aliphatic rings. The van der Waals surface area contributed by atoms with E-state index in [9.17, 15) is 4.79 Å². The van der Waals surface area contributed by atoms with Gasteiger partial charge in [0.05, 0.1) is 11.6 Å². The molecule has 0 atom stereocenters. The van der Waals surface area contributed by atoms with Gasteiger partial charge in [0, 0.05) is 23.5 Å². The van der Waals surface area contributed by atoms with Gasteiger partial charge in [-0.25, -0.2) is 0 Å². The second-order valence-electron chi connectivity index (χ2n) is 3.93. The minimum Gasteiger partial charge on any atom is -0.481 e. The van der Waals surface area contributed by atoms with Crippen molar-refractivity contribution in [2.24, 2.45) is 0 Å². The Morgan fingerprint density at radius 3 is 3.00 bits per heavy atom. The first kappa shape index (κ1) is 11.2. The van der Waals surface area contributed by atoms with Crippen molar-refractivity contribution >= 4 is 16.9 Å². The van der Waals surface area contributed by atoms with E-state index in [1.54, 1.807) is 6.07 Å². The van der Waals surface area contributed by atoms with Crippen molar-refractivity contribution in [1.29, 1.82) is 5.26 Å². The lowest BCUT2D eigenvalue weighted by atomic mass is 10.1. The average molecular weight is 228 g/mol. The quantitative estimate of drug-likeness (QED) is 0.843. The van der Waals surface area contributed by atoms with Crippen LogP contribution in [0, 0.1) is 11.3 Å². The maximum Gasteiger partial charge on any atom is 0.303 e. The van der Waals surface area contributed by atoms with Crippen LogP contribution in [0.25, 0.3) is 10.9 Å². The molecule has 2 aromatic rings. The van der Waals surface area contributed by atoms with Gasteiger partial charge in [-0.2, -0.15) is 5.26 Å². The van der Waals surface area contributed by atoms with Crippen molar-refractivity contribution < 1.29 is 9.90 Å². The fourth-order valence-corrected chi connectivity index (χ4v) is 1.88. The smallest absolute Gasteiger partial charge is 0.303 e. The van der Waals surface area contributed by atoms with Gasteiger partial charge in [-0.05, 0) is 36.6 Å². The summed E-state index contributed by atoms with van der Waals surface area (Å²) in [7, 11) is 0. The van der Waals surface area contributed by atoms with Gasteiger partial charge in [0.1, 0.15) is 0 Å². The molecule has 1 aromatic heterocycles. The molecule has 2 N–H and O–H groups in total. The number of hydrogen-bond donors (Lipinski definition) is 2. The van der Waals surface area contributed by atoms with E-state index >= 15 is 0 Å². The van der Waals surface area contributed by atoms with Gasteiger partial charge in [0.15, 0.2) is 0 Å². The standard InChI is InChI=1S/C13H12N2O2/c14-7-9-4-5-12-11(6-9)10(8-15-12)2-1-3-13(16)17/h4-6,8,15H,1-3H2,(H,16,17). The predicted molar refractivity (Wildman–Crippen MR) is 63.6 cm³/mol. The third-order valence-corrected chi connectivity index (χ3v) is 2.73. The van der Waals surface area contributed by atoms with Crippen LogP contribution in [-0.4, -0.2) is 16.1 Å². The van der Waals surface area contributed by atoms with Crippen molar-refractivity contribution in [2.75, 3.05) is 0 Å². The molecule has 1 aromatic carbocycles. The molecule has 86 valence electrons. The molecule has 0 fully saturated rings. The maximum atomic E-state index is 10.4. The first-order valence-electron chi connectivity index (χ1n) is 5.42. The van der Waals surface area contributed by atoms with E-state index in [-0.39, 0.29) is 6.42 Å². The molecular formula is C13H12N2O2. The Labute approximate surface area is 98.5 Å². The summed E-state index contributed by atoms with van der Waals surface area (Å²) in [6, 6.07) is 7.57. The highest BCUT2D eigenvalue weighted by atomic mass is 16.4. The summed E-state index contributed by atoms with van der Waals surface area (Å²) in [6.45, 7) is 0. The monoisotopic (exact) mass is 228 g/mol. The van der Waals surface area contributed by atoms with Gasteiger partial charge in [-0.15, -0.1) is 0 Å². The van der Waals surface area contributed by atoms with E-state index in [1.165, 1.54) is 0 Å². The van der Waals surface area contributed by atoms with Crippen molar-refractivity contribution in [3.63, 3.8) is 0 Å². The Balaban J connectivity index is 2.22. The number of benzene rings is 1. The van der Waals surface area contributed by atoms with Crippen LogP contribution in [0.15, 0.2) is 24.4 Å². The summed E-state index contributed by atoms with van der Waals surface area (Å²) < 4.78 is 0. The van der Waals surface area contributed by atoms with E-state index in [4.69, 9.17) is 10.4 Å². The molecule has 0 bridgehead atoms. The zero-order valence-corrected chi connectivity index (χ0v) is 9.23. The summed E-state index contributed by atoms with van der Waals surface area (Å²) in [6.07, 6.45) is 3.37. The molecule has 1 heterocycles. The number of nitrogens with zero attached hydrogens (tertiary/aromatic N) is 1. The lowest BCUT2D eigenvalue weighted by molar-refractivity contribution is -0.137. The third kappa shape index (κ3) is 2.45. The number of nitriles is 1. The van der Waals surface area contributed by atoms with Gasteiger partial charge in [0.25, 0.3) is 0 Å². The highest BCUT2D eigenvalue weighted by molar-refractivity contribution is 5.84. The van der Waals surface area contributed by atoms with E-state index in [1.807, 2.05) is 18.3 Å². The fraction of sp³-hybridized carbons (Fsp3) is 0.231. The second kappa shape index (κ2) is 4.71. The molecule has 0 saturated heterocycles. The van der Waals surface area contributed by atoms with Crippen molar-refractivity contribution in [3.8, 4) is 6.07 Å². The molecule has 0 aliphatic heterocycles. The summed E-state index contributed by atoms with van der Waals surface area (Å²) in [5.41, 5.74) is 2.67. The van der Waals surface area contributed by atoms with Crippen LogP contribution in [0.1, 0.15) is 24.0 Å². The number of carbonyl (C=O) groups is 1. The Morgan fingerprint density at radius 1 is 1.47 bits per heavy atom. The Bertz CT molecular complexity index is 593. The average Bonchev–Trinajstić information content (AvgIpc) is 2.71. The molecule has 0 aliphatic carbocycles. The molecule has 4 heteroatoms. The van der Waals surface area contributed by atoms with Crippen LogP contribution in [0.5, 0.6) is 0 Å². The van der Waals surface area contributed by atoms with Crippen LogP contribution in [0.2, 0.25) is 0 Å². The maximum absolute atomic E-state index is 10.4. The summed E-state index contributed by atoms with van der Waals surface area (Å²) in [5, 5.41) is 18.4. The fourth-order valence-electron chi connectivity index (χ4n) is 1.88. The number of aromatic nitrogens is 1. The van der Waals surface area contributed by atoms with E-state index < -0.39 is 5.97 Å². The Hall–Kier alpha value is -2.28. The zero-order valence-electron chi connectivity index (χ0n) is 9.23. The molecule has 0 saturated carbocycles. The van der Waals surface area contributed by atoms with Crippen molar-refractivity contribution in [1.82, 2.24) is 4.98 Å². The Morgan fingerprint density at radius 2 is 2.29 bits per heavy atom. The van der Waals surface area contributed by atoms with Crippen LogP contribution >= 0.6 is 0 Å². The molecule has 17 heavy (non-hydrogen) atoms. The highest BCUT2D eigenvalue weighted by Crippen LogP contribution is 2.21. The van der Waals surface area contributed by atoms with Crippen LogP contribution < -0.4 is 0 Å². The molecule has 0 radical (unpaired) electrons. The number of aromatic amines is 1.